The molecule has 0 saturated heterocycles. The Morgan fingerprint density at radius 2 is 2.10 bits per heavy atom. The molecule has 1 rings (SSSR count). The summed E-state index contributed by atoms with van der Waals surface area (Å²) in [5.41, 5.74) is -0.420. The first kappa shape index (κ1) is 15.7. The number of carboxylic acid groups (broad SMARTS) is 1. The Kier molecular flexibility index (Phi) is 5.24. The van der Waals surface area contributed by atoms with Crippen LogP contribution in [0.4, 0.5) is 10.5 Å². The van der Waals surface area contributed by atoms with Gasteiger partial charge in [-0.2, -0.15) is 4.98 Å². The van der Waals surface area contributed by atoms with Crippen LogP contribution in [-0.4, -0.2) is 39.3 Å². The van der Waals surface area contributed by atoms with E-state index in [1.807, 2.05) is 0 Å². The highest BCUT2D eigenvalue weighted by Gasteiger charge is 2.18. The number of aliphatic carboxylic acids is 1. The summed E-state index contributed by atoms with van der Waals surface area (Å²) in [4.78, 5) is 29.6. The number of ether oxygens (including phenoxy) is 2. The number of carbonyl (C=O) groups is 2. The minimum atomic E-state index is -0.985. The van der Waals surface area contributed by atoms with Crippen LogP contribution in [0.2, 0.25) is 0 Å². The van der Waals surface area contributed by atoms with E-state index < -0.39 is 17.7 Å². The molecule has 1 aromatic rings. The number of aromatic nitrogens is 2. The zero-order chi connectivity index (χ0) is 15.2. The minimum Gasteiger partial charge on any atom is -0.481 e. The third kappa shape index (κ3) is 5.98. The van der Waals surface area contributed by atoms with Crippen molar-refractivity contribution in [1.29, 1.82) is 0 Å². The summed E-state index contributed by atoms with van der Waals surface area (Å²) in [7, 11) is 0. The zero-order valence-corrected chi connectivity index (χ0v) is 11.5. The predicted octanol–water partition coefficient (Wildman–Crippen LogP) is 1.68. The summed E-state index contributed by atoms with van der Waals surface area (Å²) in [6, 6.07) is 0. The lowest BCUT2D eigenvalue weighted by Crippen LogP contribution is -2.27. The average molecular weight is 283 g/mol. The normalized spacial score (nSPS) is 10.8. The van der Waals surface area contributed by atoms with Crippen molar-refractivity contribution < 1.29 is 24.2 Å². The van der Waals surface area contributed by atoms with Crippen LogP contribution in [-0.2, 0) is 9.53 Å². The van der Waals surface area contributed by atoms with Crippen molar-refractivity contribution >= 4 is 17.7 Å². The molecule has 0 aliphatic heterocycles. The first-order valence-corrected chi connectivity index (χ1v) is 5.92. The molecule has 0 saturated carbocycles. The summed E-state index contributed by atoms with van der Waals surface area (Å²) in [6.07, 6.45) is 1.73. The lowest BCUT2D eigenvalue weighted by atomic mass is 10.2. The Morgan fingerprint density at radius 3 is 2.70 bits per heavy atom. The second-order valence-electron chi connectivity index (χ2n) is 4.86. The molecular weight excluding hydrogens is 266 g/mol. The fourth-order valence-electron chi connectivity index (χ4n) is 1.17. The number of amides is 1. The van der Waals surface area contributed by atoms with E-state index in [-0.39, 0.29) is 24.6 Å². The van der Waals surface area contributed by atoms with E-state index in [1.165, 1.54) is 12.5 Å². The van der Waals surface area contributed by atoms with Crippen LogP contribution < -0.4 is 10.1 Å². The second kappa shape index (κ2) is 6.69. The molecule has 0 fully saturated rings. The lowest BCUT2D eigenvalue weighted by molar-refractivity contribution is -0.137. The summed E-state index contributed by atoms with van der Waals surface area (Å²) < 4.78 is 10.3. The maximum Gasteiger partial charge on any atom is 0.412 e. The molecule has 1 amide bonds. The van der Waals surface area contributed by atoms with Gasteiger partial charge >= 0.3 is 12.1 Å². The van der Waals surface area contributed by atoms with Crippen LogP contribution in [0.5, 0.6) is 5.88 Å². The number of hydrogen-bond donors (Lipinski definition) is 2. The van der Waals surface area contributed by atoms with E-state index in [9.17, 15) is 9.59 Å². The largest absolute Gasteiger partial charge is 0.481 e. The highest BCUT2D eigenvalue weighted by Crippen LogP contribution is 2.20. The fraction of sp³-hybridized carbons (Fsp3) is 0.500. The number of carbonyl (C=O) groups excluding carboxylic acids is 1. The van der Waals surface area contributed by atoms with Gasteiger partial charge in [0.15, 0.2) is 0 Å². The third-order valence-corrected chi connectivity index (χ3v) is 1.87. The average Bonchev–Trinajstić information content (AvgIpc) is 2.28. The van der Waals surface area contributed by atoms with Crippen molar-refractivity contribution in [3.05, 3.63) is 12.5 Å². The highest BCUT2D eigenvalue weighted by molar-refractivity contribution is 5.86. The van der Waals surface area contributed by atoms with Gasteiger partial charge < -0.3 is 14.6 Å². The summed E-state index contributed by atoms with van der Waals surface area (Å²) in [5.74, 6) is -0.896. The first-order valence-electron chi connectivity index (χ1n) is 5.92. The number of nitrogens with zero attached hydrogens (tertiary/aromatic N) is 2. The molecule has 0 unspecified atom stereocenters. The molecule has 2 N–H and O–H groups in total. The Balaban J connectivity index is 2.65. The van der Waals surface area contributed by atoms with Crippen molar-refractivity contribution in [2.75, 3.05) is 11.9 Å². The smallest absolute Gasteiger partial charge is 0.412 e. The van der Waals surface area contributed by atoms with Gasteiger partial charge in [-0.05, 0) is 20.8 Å². The maximum absolute atomic E-state index is 11.6. The van der Waals surface area contributed by atoms with Crippen LogP contribution in [0.25, 0.3) is 0 Å². The molecule has 0 atom stereocenters. The van der Waals surface area contributed by atoms with Crippen LogP contribution in [0, 0.1) is 0 Å². The van der Waals surface area contributed by atoms with Crippen LogP contribution in [0.1, 0.15) is 27.2 Å². The van der Waals surface area contributed by atoms with Crippen molar-refractivity contribution in [3.63, 3.8) is 0 Å². The quantitative estimate of drug-likeness (QED) is 0.845. The molecule has 20 heavy (non-hydrogen) atoms. The molecule has 8 nitrogen and oxygen atoms in total. The first-order chi connectivity index (χ1) is 9.28. The SMILES string of the molecule is CC(C)(C)OC(=O)Nc1cncnc1OCCC(=O)O. The minimum absolute atomic E-state index is 0.0602. The molecule has 0 aliphatic rings. The molecular formula is C12H17N3O5. The van der Waals surface area contributed by atoms with Gasteiger partial charge in [0, 0.05) is 0 Å². The number of hydrogen-bond acceptors (Lipinski definition) is 6. The molecule has 110 valence electrons. The molecule has 0 spiro atoms. The summed E-state index contributed by atoms with van der Waals surface area (Å²) in [5, 5.41) is 11.0. The molecule has 0 aromatic carbocycles. The van der Waals surface area contributed by atoms with Crippen LogP contribution in [0.3, 0.4) is 0 Å². The zero-order valence-electron chi connectivity index (χ0n) is 11.5. The predicted molar refractivity (Wildman–Crippen MR) is 69.6 cm³/mol. The molecule has 1 heterocycles. The molecule has 0 radical (unpaired) electrons. The van der Waals surface area contributed by atoms with E-state index in [2.05, 4.69) is 15.3 Å². The van der Waals surface area contributed by atoms with E-state index in [0.29, 0.717) is 0 Å². The van der Waals surface area contributed by atoms with Gasteiger partial charge in [-0.1, -0.05) is 0 Å². The lowest BCUT2D eigenvalue weighted by Gasteiger charge is -2.20. The van der Waals surface area contributed by atoms with E-state index in [1.54, 1.807) is 20.8 Å². The van der Waals surface area contributed by atoms with Gasteiger partial charge in [-0.3, -0.25) is 10.1 Å². The third-order valence-electron chi connectivity index (χ3n) is 1.87. The topological polar surface area (TPSA) is 111 Å². The van der Waals surface area contributed by atoms with Crippen molar-refractivity contribution in [1.82, 2.24) is 9.97 Å². The van der Waals surface area contributed by atoms with Crippen LogP contribution in [0.15, 0.2) is 12.5 Å². The van der Waals surface area contributed by atoms with Gasteiger partial charge in [0.1, 0.15) is 24.2 Å². The number of rotatable bonds is 5. The Labute approximate surface area is 116 Å². The van der Waals surface area contributed by atoms with Gasteiger partial charge in [0.05, 0.1) is 12.6 Å². The maximum atomic E-state index is 11.6. The second-order valence-corrected chi connectivity index (χ2v) is 4.86. The van der Waals surface area contributed by atoms with Gasteiger partial charge in [-0.15, -0.1) is 0 Å². The van der Waals surface area contributed by atoms with E-state index in [4.69, 9.17) is 14.6 Å². The Bertz CT molecular complexity index is 484. The monoisotopic (exact) mass is 283 g/mol. The highest BCUT2D eigenvalue weighted by atomic mass is 16.6. The number of nitrogens with one attached hydrogen (secondary N) is 1. The van der Waals surface area contributed by atoms with Crippen molar-refractivity contribution in [2.45, 2.75) is 32.8 Å². The van der Waals surface area contributed by atoms with Gasteiger partial charge in [0.2, 0.25) is 5.88 Å². The molecule has 0 bridgehead atoms. The fourth-order valence-corrected chi connectivity index (χ4v) is 1.17. The van der Waals surface area contributed by atoms with Gasteiger partial charge in [-0.25, -0.2) is 9.78 Å². The summed E-state index contributed by atoms with van der Waals surface area (Å²) in [6.45, 7) is 5.14. The number of anilines is 1. The Morgan fingerprint density at radius 1 is 1.40 bits per heavy atom. The number of carboxylic acids is 1. The van der Waals surface area contributed by atoms with Crippen molar-refractivity contribution in [3.8, 4) is 5.88 Å². The van der Waals surface area contributed by atoms with Gasteiger partial charge in [0.25, 0.3) is 0 Å². The molecule has 8 heteroatoms. The van der Waals surface area contributed by atoms with Crippen LogP contribution >= 0.6 is 0 Å². The van der Waals surface area contributed by atoms with E-state index in [0.717, 1.165) is 0 Å². The molecule has 1 aromatic heterocycles. The Hall–Kier alpha value is -2.38. The van der Waals surface area contributed by atoms with E-state index >= 15 is 0 Å². The summed E-state index contributed by atoms with van der Waals surface area (Å²) >= 11 is 0. The molecule has 0 aliphatic carbocycles. The van der Waals surface area contributed by atoms with Crippen molar-refractivity contribution in [2.24, 2.45) is 0 Å². The standard InChI is InChI=1S/C12H17N3O5/c1-12(2,3)20-11(18)15-8-6-13-7-14-10(8)19-5-4-9(16)17/h6-7H,4-5H2,1-3H3,(H,15,18)(H,16,17).